The fourth-order valence-corrected chi connectivity index (χ4v) is 2.68. The van der Waals surface area contributed by atoms with Gasteiger partial charge >= 0.3 is 0 Å². The first-order valence-corrected chi connectivity index (χ1v) is 9.16. The lowest BCUT2D eigenvalue weighted by atomic mass is 10.1. The number of aromatic nitrogens is 2. The fourth-order valence-electron chi connectivity index (χ4n) is 2.36. The first kappa shape index (κ1) is 17.4. The summed E-state index contributed by atoms with van der Waals surface area (Å²) in [6, 6.07) is 7.94. The molecular weight excluding hydrogens is 310 g/mol. The van der Waals surface area contributed by atoms with Crippen LogP contribution in [0, 0.1) is 20.8 Å². The van der Waals surface area contributed by atoms with E-state index in [9.17, 15) is 9.00 Å². The molecule has 2 rings (SSSR count). The smallest absolute Gasteiger partial charge is 0.271 e. The van der Waals surface area contributed by atoms with E-state index in [1.54, 1.807) is 17.0 Å². The molecule has 6 heteroatoms. The van der Waals surface area contributed by atoms with Crippen LogP contribution in [-0.4, -0.2) is 37.9 Å². The lowest BCUT2D eigenvalue weighted by Crippen LogP contribution is -2.32. The number of aryl methyl sites for hydroxylation is 3. The summed E-state index contributed by atoms with van der Waals surface area (Å²) in [4.78, 5) is 12.2. The summed E-state index contributed by atoms with van der Waals surface area (Å²) in [7, 11) is -0.958. The Bertz CT molecular complexity index is 732. The van der Waals surface area contributed by atoms with E-state index in [1.807, 2.05) is 39.8 Å². The first-order chi connectivity index (χ1) is 10.8. The second-order valence-electron chi connectivity index (χ2n) is 5.95. The van der Waals surface area contributed by atoms with Crippen molar-refractivity contribution >= 4 is 16.7 Å². The van der Waals surface area contributed by atoms with Crippen molar-refractivity contribution < 1.29 is 9.00 Å². The Morgan fingerprint density at radius 1 is 1.22 bits per heavy atom. The van der Waals surface area contributed by atoms with Gasteiger partial charge in [0.05, 0.1) is 5.69 Å². The lowest BCUT2D eigenvalue weighted by molar-refractivity contribution is 0.0948. The van der Waals surface area contributed by atoms with Crippen molar-refractivity contribution in [1.82, 2.24) is 15.1 Å². The third-order valence-corrected chi connectivity index (χ3v) is 4.99. The molecule has 2 atom stereocenters. The van der Waals surface area contributed by atoms with Gasteiger partial charge in [-0.1, -0.05) is 6.07 Å². The van der Waals surface area contributed by atoms with Crippen LogP contribution in [0.4, 0.5) is 0 Å². The molecule has 124 valence electrons. The summed E-state index contributed by atoms with van der Waals surface area (Å²) in [5, 5.41) is 7.12. The Morgan fingerprint density at radius 3 is 2.39 bits per heavy atom. The van der Waals surface area contributed by atoms with Crippen LogP contribution in [0.15, 0.2) is 24.3 Å². The van der Waals surface area contributed by atoms with Gasteiger partial charge in [0, 0.05) is 34.5 Å². The van der Waals surface area contributed by atoms with Gasteiger partial charge in [-0.15, -0.1) is 0 Å². The second-order valence-corrected chi connectivity index (χ2v) is 7.75. The Balaban J connectivity index is 2.20. The number of nitrogens with zero attached hydrogens (tertiary/aromatic N) is 2. The zero-order valence-electron chi connectivity index (χ0n) is 14.2. The highest BCUT2D eigenvalue weighted by molar-refractivity contribution is 7.84. The number of carbonyl (C=O) groups excluding carboxylic acids is 1. The summed E-state index contributed by atoms with van der Waals surface area (Å²) in [5.41, 5.74) is 4.52. The number of carbonyl (C=O) groups is 1. The average molecular weight is 333 g/mol. The standard InChI is InChI=1S/C17H23N3O2S/c1-11-6-12(2)8-15(7-11)20-13(3)9-16(19-20)17(21)18-10-14(4)23(5)22/h6-9,14H,10H2,1-5H3,(H,18,21)/t14-,23-/m0/s1. The largest absolute Gasteiger partial charge is 0.349 e. The van der Waals surface area contributed by atoms with Crippen LogP contribution in [0.1, 0.15) is 34.2 Å². The predicted octanol–water partition coefficient (Wildman–Crippen LogP) is 2.29. The van der Waals surface area contributed by atoms with E-state index < -0.39 is 10.8 Å². The van der Waals surface area contributed by atoms with Gasteiger partial charge in [0.1, 0.15) is 0 Å². The molecule has 0 aliphatic heterocycles. The van der Waals surface area contributed by atoms with Gasteiger partial charge in [0.2, 0.25) is 0 Å². The second kappa shape index (κ2) is 7.08. The number of amides is 1. The Morgan fingerprint density at radius 2 is 1.83 bits per heavy atom. The number of rotatable bonds is 5. The minimum atomic E-state index is -0.958. The van der Waals surface area contributed by atoms with E-state index in [0.717, 1.165) is 22.5 Å². The monoisotopic (exact) mass is 333 g/mol. The van der Waals surface area contributed by atoms with Crippen molar-refractivity contribution in [3.05, 3.63) is 46.8 Å². The highest BCUT2D eigenvalue weighted by Gasteiger charge is 2.15. The van der Waals surface area contributed by atoms with Gasteiger partial charge in [-0.25, -0.2) is 4.68 Å². The van der Waals surface area contributed by atoms with Gasteiger partial charge in [-0.2, -0.15) is 5.10 Å². The normalized spacial score (nSPS) is 13.6. The zero-order valence-corrected chi connectivity index (χ0v) is 15.0. The van der Waals surface area contributed by atoms with E-state index in [-0.39, 0.29) is 11.2 Å². The molecule has 1 aromatic heterocycles. The Hall–Kier alpha value is -1.95. The highest BCUT2D eigenvalue weighted by atomic mass is 32.2. The minimum absolute atomic E-state index is 0.0819. The van der Waals surface area contributed by atoms with Gasteiger partial charge < -0.3 is 5.32 Å². The van der Waals surface area contributed by atoms with Crippen molar-refractivity contribution in [3.63, 3.8) is 0 Å². The molecule has 1 aromatic carbocycles. The van der Waals surface area contributed by atoms with Crippen molar-refractivity contribution in [2.24, 2.45) is 0 Å². The summed E-state index contributed by atoms with van der Waals surface area (Å²) in [5.74, 6) is -0.242. The summed E-state index contributed by atoms with van der Waals surface area (Å²) in [6.07, 6.45) is 1.63. The Kier molecular flexibility index (Phi) is 5.36. The van der Waals surface area contributed by atoms with Crippen LogP contribution in [0.2, 0.25) is 0 Å². The average Bonchev–Trinajstić information content (AvgIpc) is 2.85. The molecule has 1 amide bonds. The molecule has 0 spiro atoms. The fraction of sp³-hybridized carbons (Fsp3) is 0.412. The third-order valence-electron chi connectivity index (χ3n) is 3.69. The Labute approximate surface area is 139 Å². The maximum Gasteiger partial charge on any atom is 0.271 e. The SMILES string of the molecule is Cc1cc(C)cc(-n2nc(C(=O)NC[C@H](C)[S@](C)=O)cc2C)c1. The molecule has 23 heavy (non-hydrogen) atoms. The maximum atomic E-state index is 12.2. The molecule has 0 radical (unpaired) electrons. The number of benzene rings is 1. The molecule has 5 nitrogen and oxygen atoms in total. The topological polar surface area (TPSA) is 64.0 Å². The number of hydrogen-bond donors (Lipinski definition) is 1. The van der Waals surface area contributed by atoms with Crippen LogP contribution in [0.5, 0.6) is 0 Å². The minimum Gasteiger partial charge on any atom is -0.349 e. The molecule has 0 aliphatic rings. The van der Waals surface area contributed by atoms with Crippen molar-refractivity contribution in [1.29, 1.82) is 0 Å². The van der Waals surface area contributed by atoms with E-state index in [4.69, 9.17) is 0 Å². The zero-order chi connectivity index (χ0) is 17.1. The predicted molar refractivity (Wildman–Crippen MR) is 93.6 cm³/mol. The molecular formula is C17H23N3O2S. The first-order valence-electron chi connectivity index (χ1n) is 7.53. The molecule has 0 saturated heterocycles. The van der Waals surface area contributed by atoms with E-state index in [0.29, 0.717) is 12.2 Å². The van der Waals surface area contributed by atoms with Crippen molar-refractivity contribution in [2.75, 3.05) is 12.8 Å². The molecule has 2 aromatic rings. The molecule has 1 heterocycles. The van der Waals surface area contributed by atoms with Crippen molar-refractivity contribution in [2.45, 2.75) is 32.9 Å². The number of nitrogens with one attached hydrogen (secondary N) is 1. The van der Waals surface area contributed by atoms with E-state index in [2.05, 4.69) is 16.5 Å². The van der Waals surface area contributed by atoms with E-state index >= 15 is 0 Å². The van der Waals surface area contributed by atoms with E-state index in [1.165, 1.54) is 0 Å². The molecule has 0 unspecified atom stereocenters. The third kappa shape index (κ3) is 4.28. The summed E-state index contributed by atoms with van der Waals surface area (Å²) >= 11 is 0. The van der Waals surface area contributed by atoms with Crippen LogP contribution in [0.3, 0.4) is 0 Å². The van der Waals surface area contributed by atoms with Gasteiger partial charge in [0.25, 0.3) is 5.91 Å². The molecule has 0 aliphatic carbocycles. The highest BCUT2D eigenvalue weighted by Crippen LogP contribution is 2.16. The molecule has 0 saturated carbocycles. The maximum absolute atomic E-state index is 12.2. The van der Waals surface area contributed by atoms with Crippen LogP contribution >= 0.6 is 0 Å². The lowest BCUT2D eigenvalue weighted by Gasteiger charge is -2.09. The number of hydrogen-bond acceptors (Lipinski definition) is 3. The van der Waals surface area contributed by atoms with Gasteiger partial charge in [0.15, 0.2) is 5.69 Å². The summed E-state index contributed by atoms with van der Waals surface area (Å²) in [6.45, 7) is 8.21. The molecule has 1 N–H and O–H groups in total. The quantitative estimate of drug-likeness (QED) is 0.913. The van der Waals surface area contributed by atoms with Crippen LogP contribution in [0.25, 0.3) is 5.69 Å². The summed E-state index contributed by atoms with van der Waals surface area (Å²) < 4.78 is 13.1. The molecule has 0 fully saturated rings. The van der Waals surface area contributed by atoms with Crippen LogP contribution in [-0.2, 0) is 10.8 Å². The van der Waals surface area contributed by atoms with Crippen molar-refractivity contribution in [3.8, 4) is 5.69 Å². The van der Waals surface area contributed by atoms with Gasteiger partial charge in [-0.3, -0.25) is 9.00 Å². The molecule has 0 bridgehead atoms. The van der Waals surface area contributed by atoms with Crippen LogP contribution < -0.4 is 5.32 Å². The van der Waals surface area contributed by atoms with Gasteiger partial charge in [-0.05, 0) is 57.0 Å².